The maximum Gasteiger partial charge on any atom is 0.0730 e. The first-order valence-electron chi connectivity index (χ1n) is 9.75. The zero-order valence-electron chi connectivity index (χ0n) is 16.0. The smallest absolute Gasteiger partial charge is 0.0730 e. The van der Waals surface area contributed by atoms with Gasteiger partial charge in [-0.25, -0.2) is 4.98 Å². The van der Waals surface area contributed by atoms with Crippen molar-refractivity contribution >= 4 is 38.9 Å². The molecular formula is C24H23N3O. The number of hydrogen-bond acceptors (Lipinski definition) is 4. The largest absolute Gasteiger partial charge is 0.378 e. The third-order valence-corrected chi connectivity index (χ3v) is 5.51. The third-order valence-electron chi connectivity index (χ3n) is 5.51. The molecule has 0 spiro atoms. The number of aromatic nitrogens is 1. The monoisotopic (exact) mass is 369 g/mol. The number of pyridine rings is 1. The molecule has 4 heteroatoms. The molecule has 140 valence electrons. The van der Waals surface area contributed by atoms with E-state index in [9.17, 15) is 0 Å². The molecule has 28 heavy (non-hydrogen) atoms. The molecule has 0 unspecified atom stereocenters. The van der Waals surface area contributed by atoms with Gasteiger partial charge in [-0.1, -0.05) is 36.4 Å². The van der Waals surface area contributed by atoms with Gasteiger partial charge in [0.2, 0.25) is 0 Å². The van der Waals surface area contributed by atoms with Gasteiger partial charge in [0.15, 0.2) is 0 Å². The van der Waals surface area contributed by atoms with Crippen LogP contribution < -0.4 is 9.80 Å². The van der Waals surface area contributed by atoms with Crippen LogP contribution in [0.25, 0.3) is 21.8 Å². The van der Waals surface area contributed by atoms with Gasteiger partial charge in [0.25, 0.3) is 0 Å². The van der Waals surface area contributed by atoms with E-state index < -0.39 is 0 Å². The second-order valence-electron chi connectivity index (χ2n) is 7.17. The topological polar surface area (TPSA) is 28.6 Å². The molecule has 3 aromatic carbocycles. The van der Waals surface area contributed by atoms with Crippen molar-refractivity contribution in [2.24, 2.45) is 0 Å². The summed E-state index contributed by atoms with van der Waals surface area (Å²) in [6.45, 7) is 3.51. The molecule has 0 bridgehead atoms. The Morgan fingerprint density at radius 1 is 0.786 bits per heavy atom. The third kappa shape index (κ3) is 2.96. The van der Waals surface area contributed by atoms with Crippen LogP contribution in [0.2, 0.25) is 0 Å². The molecule has 5 rings (SSSR count). The second-order valence-corrected chi connectivity index (χ2v) is 7.17. The Bertz CT molecular complexity index is 1060. The highest BCUT2D eigenvalue weighted by Crippen LogP contribution is 2.37. The minimum atomic E-state index is 0.802. The van der Waals surface area contributed by atoms with Gasteiger partial charge in [0, 0.05) is 42.3 Å². The lowest BCUT2D eigenvalue weighted by Gasteiger charge is -2.29. The van der Waals surface area contributed by atoms with Crippen LogP contribution in [0.5, 0.6) is 0 Å². The fourth-order valence-electron chi connectivity index (χ4n) is 4.02. The molecule has 1 aliphatic heterocycles. The van der Waals surface area contributed by atoms with Crippen molar-refractivity contribution in [2.45, 2.75) is 0 Å². The molecule has 4 aromatic rings. The summed E-state index contributed by atoms with van der Waals surface area (Å²) in [6, 6.07) is 25.6. The highest BCUT2D eigenvalue weighted by molar-refractivity contribution is 6.09. The van der Waals surface area contributed by atoms with Crippen LogP contribution in [0.4, 0.5) is 17.1 Å². The standard InChI is InChI=1S/C24H23N3O/c1-26(18-10-12-19(13-11-18)27-14-16-28-17-15-27)24-20-6-2-4-8-22(20)25-23-9-5-3-7-21(23)24/h2-13H,14-17H2,1H3. The summed E-state index contributed by atoms with van der Waals surface area (Å²) >= 11 is 0. The number of rotatable bonds is 3. The average molecular weight is 369 g/mol. The van der Waals surface area contributed by atoms with E-state index >= 15 is 0 Å². The Balaban J connectivity index is 1.59. The number of para-hydroxylation sites is 2. The molecular weight excluding hydrogens is 346 g/mol. The van der Waals surface area contributed by atoms with Crippen molar-refractivity contribution in [2.75, 3.05) is 43.2 Å². The Labute approximate surface area is 165 Å². The molecule has 0 aliphatic carbocycles. The van der Waals surface area contributed by atoms with Crippen molar-refractivity contribution in [3.63, 3.8) is 0 Å². The van der Waals surface area contributed by atoms with Gasteiger partial charge >= 0.3 is 0 Å². The summed E-state index contributed by atoms with van der Waals surface area (Å²) in [5.74, 6) is 0. The van der Waals surface area contributed by atoms with E-state index in [-0.39, 0.29) is 0 Å². The normalized spacial score (nSPS) is 14.5. The zero-order chi connectivity index (χ0) is 18.9. The Morgan fingerprint density at radius 2 is 1.36 bits per heavy atom. The van der Waals surface area contributed by atoms with E-state index in [0.717, 1.165) is 37.3 Å². The molecule has 0 atom stereocenters. The number of ether oxygens (including phenoxy) is 1. The molecule has 0 N–H and O–H groups in total. The minimum absolute atomic E-state index is 0.802. The number of morpholine rings is 1. The number of anilines is 3. The SMILES string of the molecule is CN(c1ccc(N2CCOCC2)cc1)c1c2ccccc2nc2ccccc12. The van der Waals surface area contributed by atoms with E-state index in [0.29, 0.717) is 0 Å². The van der Waals surface area contributed by atoms with E-state index in [2.05, 4.69) is 77.5 Å². The van der Waals surface area contributed by atoms with Crippen LogP contribution in [0.3, 0.4) is 0 Å². The molecule has 0 radical (unpaired) electrons. The van der Waals surface area contributed by atoms with E-state index in [4.69, 9.17) is 9.72 Å². The zero-order valence-corrected chi connectivity index (χ0v) is 16.0. The van der Waals surface area contributed by atoms with Crippen molar-refractivity contribution in [1.82, 2.24) is 4.98 Å². The second kappa shape index (κ2) is 7.13. The molecule has 1 fully saturated rings. The molecule has 1 aromatic heterocycles. The minimum Gasteiger partial charge on any atom is -0.378 e. The maximum absolute atomic E-state index is 5.47. The summed E-state index contributed by atoms with van der Waals surface area (Å²) in [6.07, 6.45) is 0. The molecule has 0 amide bonds. The number of fused-ring (bicyclic) bond motifs is 2. The van der Waals surface area contributed by atoms with Crippen molar-refractivity contribution in [3.05, 3.63) is 72.8 Å². The van der Waals surface area contributed by atoms with Gasteiger partial charge in [-0.3, -0.25) is 0 Å². The van der Waals surface area contributed by atoms with Crippen LogP contribution in [0.1, 0.15) is 0 Å². The van der Waals surface area contributed by atoms with Gasteiger partial charge in [-0.2, -0.15) is 0 Å². The summed E-state index contributed by atoms with van der Waals surface area (Å²) in [7, 11) is 2.14. The lowest BCUT2D eigenvalue weighted by Crippen LogP contribution is -2.36. The highest BCUT2D eigenvalue weighted by Gasteiger charge is 2.15. The van der Waals surface area contributed by atoms with Gasteiger partial charge in [0.1, 0.15) is 0 Å². The summed E-state index contributed by atoms with van der Waals surface area (Å²) in [5, 5.41) is 2.34. The average Bonchev–Trinajstić information content (AvgIpc) is 2.77. The number of nitrogens with zero attached hydrogens (tertiary/aromatic N) is 3. The van der Waals surface area contributed by atoms with Crippen molar-refractivity contribution < 1.29 is 4.74 Å². The molecule has 2 heterocycles. The summed E-state index contributed by atoms with van der Waals surface area (Å²) < 4.78 is 5.47. The molecule has 1 saturated heterocycles. The van der Waals surface area contributed by atoms with Gasteiger partial charge in [-0.15, -0.1) is 0 Å². The summed E-state index contributed by atoms with van der Waals surface area (Å²) in [4.78, 5) is 9.50. The maximum atomic E-state index is 5.47. The first-order valence-corrected chi connectivity index (χ1v) is 9.75. The fourth-order valence-corrected chi connectivity index (χ4v) is 4.02. The van der Waals surface area contributed by atoms with Crippen LogP contribution in [0.15, 0.2) is 72.8 Å². The van der Waals surface area contributed by atoms with Crippen LogP contribution in [-0.2, 0) is 4.74 Å². The fraction of sp³-hybridized carbons (Fsp3) is 0.208. The Hall–Kier alpha value is -3.11. The van der Waals surface area contributed by atoms with E-state index in [1.165, 1.54) is 27.8 Å². The number of benzene rings is 3. The van der Waals surface area contributed by atoms with Crippen LogP contribution in [0, 0.1) is 0 Å². The highest BCUT2D eigenvalue weighted by atomic mass is 16.5. The van der Waals surface area contributed by atoms with E-state index in [1.54, 1.807) is 0 Å². The molecule has 1 aliphatic rings. The Morgan fingerprint density at radius 3 is 1.96 bits per heavy atom. The van der Waals surface area contributed by atoms with Gasteiger partial charge < -0.3 is 14.5 Å². The van der Waals surface area contributed by atoms with Gasteiger partial charge in [0.05, 0.1) is 29.9 Å². The predicted molar refractivity (Wildman–Crippen MR) is 117 cm³/mol. The molecule has 4 nitrogen and oxygen atoms in total. The van der Waals surface area contributed by atoms with Crippen LogP contribution >= 0.6 is 0 Å². The lowest BCUT2D eigenvalue weighted by atomic mass is 10.1. The Kier molecular flexibility index (Phi) is 4.34. The van der Waals surface area contributed by atoms with Gasteiger partial charge in [-0.05, 0) is 36.4 Å². The first kappa shape index (κ1) is 17.0. The van der Waals surface area contributed by atoms with E-state index in [1.807, 2.05) is 12.1 Å². The predicted octanol–water partition coefficient (Wildman–Crippen LogP) is 4.99. The quantitative estimate of drug-likeness (QED) is 0.476. The lowest BCUT2D eigenvalue weighted by molar-refractivity contribution is 0.122. The first-order chi connectivity index (χ1) is 13.8. The van der Waals surface area contributed by atoms with Crippen molar-refractivity contribution in [1.29, 1.82) is 0 Å². The molecule has 0 saturated carbocycles. The number of hydrogen-bond donors (Lipinski definition) is 0. The van der Waals surface area contributed by atoms with Crippen LogP contribution in [-0.4, -0.2) is 38.3 Å². The summed E-state index contributed by atoms with van der Waals surface area (Å²) in [5.41, 5.74) is 5.66. The van der Waals surface area contributed by atoms with Crippen molar-refractivity contribution in [3.8, 4) is 0 Å².